The van der Waals surface area contributed by atoms with E-state index < -0.39 is 0 Å². The van der Waals surface area contributed by atoms with Gasteiger partial charge in [0.2, 0.25) is 0 Å². The lowest BCUT2D eigenvalue weighted by atomic mass is 9.86. The zero-order chi connectivity index (χ0) is 12.7. The molecule has 1 rings (SSSR count). The van der Waals surface area contributed by atoms with Crippen LogP contribution in [-0.4, -0.2) is 32.3 Å². The van der Waals surface area contributed by atoms with Crippen LogP contribution in [0.4, 0.5) is 0 Å². The molecule has 0 bridgehead atoms. The lowest BCUT2D eigenvalue weighted by Crippen LogP contribution is -2.51. The van der Waals surface area contributed by atoms with Crippen molar-refractivity contribution >= 4 is 0 Å². The highest BCUT2D eigenvalue weighted by molar-refractivity contribution is 4.92. The third-order valence-corrected chi connectivity index (χ3v) is 4.36. The molecule has 2 unspecified atom stereocenters. The molecular weight excluding hydrogens is 212 g/mol. The molecule has 1 aliphatic rings. The van der Waals surface area contributed by atoms with Crippen molar-refractivity contribution in [2.24, 2.45) is 17.6 Å². The molecule has 3 N–H and O–H groups in total. The molecule has 0 aromatic heterocycles. The van der Waals surface area contributed by atoms with Crippen LogP contribution in [0.1, 0.15) is 46.0 Å². The fraction of sp³-hybridized carbons (Fsp3) is 1.00. The largest absolute Gasteiger partial charge is 0.383 e. The summed E-state index contributed by atoms with van der Waals surface area (Å²) in [5.41, 5.74) is 6.18. The summed E-state index contributed by atoms with van der Waals surface area (Å²) in [6, 6.07) is 0. The van der Waals surface area contributed by atoms with Crippen LogP contribution in [0.3, 0.4) is 0 Å². The summed E-state index contributed by atoms with van der Waals surface area (Å²) in [6.07, 6.45) is 6.42. The standard InChI is InChI=1S/C14H30N2O/c1-12(2)13-5-4-7-14(11-15,8-6-13)16-9-10-17-3/h12-13,16H,4-11,15H2,1-3H3. The van der Waals surface area contributed by atoms with Gasteiger partial charge in [-0.2, -0.15) is 0 Å². The van der Waals surface area contributed by atoms with Gasteiger partial charge in [0.25, 0.3) is 0 Å². The van der Waals surface area contributed by atoms with Crippen molar-refractivity contribution in [2.75, 3.05) is 26.8 Å². The minimum atomic E-state index is 0.169. The van der Waals surface area contributed by atoms with Gasteiger partial charge >= 0.3 is 0 Å². The van der Waals surface area contributed by atoms with Gasteiger partial charge in [-0.1, -0.05) is 26.7 Å². The average molecular weight is 242 g/mol. The maximum Gasteiger partial charge on any atom is 0.0587 e. The van der Waals surface area contributed by atoms with E-state index in [4.69, 9.17) is 10.5 Å². The maximum absolute atomic E-state index is 6.01. The minimum Gasteiger partial charge on any atom is -0.383 e. The van der Waals surface area contributed by atoms with E-state index in [1.54, 1.807) is 7.11 Å². The Morgan fingerprint density at radius 3 is 2.71 bits per heavy atom. The first-order valence-corrected chi connectivity index (χ1v) is 7.07. The summed E-state index contributed by atoms with van der Waals surface area (Å²) in [5.74, 6) is 1.69. The highest BCUT2D eigenvalue weighted by atomic mass is 16.5. The number of rotatable bonds is 6. The van der Waals surface area contributed by atoms with Crippen LogP contribution in [0.25, 0.3) is 0 Å². The molecule has 3 heteroatoms. The molecule has 0 aliphatic heterocycles. The summed E-state index contributed by atoms with van der Waals surface area (Å²) in [7, 11) is 1.75. The molecule has 2 atom stereocenters. The van der Waals surface area contributed by atoms with Gasteiger partial charge in [0.1, 0.15) is 0 Å². The normalized spacial score (nSPS) is 30.5. The summed E-state index contributed by atoms with van der Waals surface area (Å²) < 4.78 is 5.11. The zero-order valence-electron chi connectivity index (χ0n) is 11.8. The molecule has 1 aliphatic carbocycles. The van der Waals surface area contributed by atoms with E-state index in [0.717, 1.165) is 31.5 Å². The van der Waals surface area contributed by atoms with E-state index >= 15 is 0 Å². The van der Waals surface area contributed by atoms with Gasteiger partial charge in [-0.25, -0.2) is 0 Å². The smallest absolute Gasteiger partial charge is 0.0587 e. The molecule has 0 amide bonds. The molecule has 0 aromatic carbocycles. The Balaban J connectivity index is 2.49. The Bertz CT molecular complexity index is 208. The second-order valence-electron chi connectivity index (χ2n) is 5.84. The van der Waals surface area contributed by atoms with Crippen LogP contribution >= 0.6 is 0 Å². The van der Waals surface area contributed by atoms with Crippen LogP contribution in [0.15, 0.2) is 0 Å². The van der Waals surface area contributed by atoms with Crippen LogP contribution in [-0.2, 0) is 4.74 Å². The van der Waals surface area contributed by atoms with Crippen molar-refractivity contribution in [3.63, 3.8) is 0 Å². The quantitative estimate of drug-likeness (QED) is 0.554. The van der Waals surface area contributed by atoms with Gasteiger partial charge in [0.05, 0.1) is 6.61 Å². The first kappa shape index (κ1) is 14.9. The van der Waals surface area contributed by atoms with Crippen molar-refractivity contribution in [2.45, 2.75) is 51.5 Å². The first-order chi connectivity index (χ1) is 8.13. The molecule has 0 radical (unpaired) electrons. The molecule has 1 saturated carbocycles. The fourth-order valence-corrected chi connectivity index (χ4v) is 2.97. The fourth-order valence-electron chi connectivity index (χ4n) is 2.97. The Hall–Kier alpha value is -0.120. The van der Waals surface area contributed by atoms with E-state index in [1.807, 2.05) is 0 Å². The monoisotopic (exact) mass is 242 g/mol. The van der Waals surface area contributed by atoms with Crippen LogP contribution in [0, 0.1) is 11.8 Å². The second kappa shape index (κ2) is 7.34. The number of hydrogen-bond donors (Lipinski definition) is 2. The molecule has 1 fully saturated rings. The average Bonchev–Trinajstić information content (AvgIpc) is 2.53. The van der Waals surface area contributed by atoms with Crippen LogP contribution < -0.4 is 11.1 Å². The van der Waals surface area contributed by atoms with Crippen molar-refractivity contribution in [3.05, 3.63) is 0 Å². The molecular formula is C14H30N2O. The van der Waals surface area contributed by atoms with Gasteiger partial charge in [-0.3, -0.25) is 0 Å². The van der Waals surface area contributed by atoms with Gasteiger partial charge < -0.3 is 15.8 Å². The number of hydrogen-bond acceptors (Lipinski definition) is 3. The third-order valence-electron chi connectivity index (χ3n) is 4.36. The van der Waals surface area contributed by atoms with E-state index in [-0.39, 0.29) is 5.54 Å². The number of nitrogens with one attached hydrogen (secondary N) is 1. The molecule has 0 aromatic rings. The van der Waals surface area contributed by atoms with Crippen molar-refractivity contribution in [3.8, 4) is 0 Å². The predicted octanol–water partition coefficient (Wildman–Crippen LogP) is 2.16. The van der Waals surface area contributed by atoms with Gasteiger partial charge in [0.15, 0.2) is 0 Å². The number of methoxy groups -OCH3 is 1. The van der Waals surface area contributed by atoms with E-state index in [9.17, 15) is 0 Å². The van der Waals surface area contributed by atoms with Crippen molar-refractivity contribution in [1.82, 2.24) is 5.32 Å². The minimum absolute atomic E-state index is 0.169. The summed E-state index contributed by atoms with van der Waals surface area (Å²) in [6.45, 7) is 7.13. The Labute approximate surface area is 106 Å². The van der Waals surface area contributed by atoms with E-state index in [2.05, 4.69) is 19.2 Å². The molecule has 0 heterocycles. The Morgan fingerprint density at radius 1 is 1.35 bits per heavy atom. The molecule has 0 saturated heterocycles. The highest BCUT2D eigenvalue weighted by Gasteiger charge is 2.31. The highest BCUT2D eigenvalue weighted by Crippen LogP contribution is 2.33. The number of nitrogens with two attached hydrogens (primary N) is 1. The third kappa shape index (κ3) is 4.57. The lowest BCUT2D eigenvalue weighted by Gasteiger charge is -2.33. The zero-order valence-corrected chi connectivity index (χ0v) is 11.8. The topological polar surface area (TPSA) is 47.3 Å². The van der Waals surface area contributed by atoms with Crippen molar-refractivity contribution in [1.29, 1.82) is 0 Å². The van der Waals surface area contributed by atoms with Gasteiger partial charge in [-0.05, 0) is 31.1 Å². The SMILES string of the molecule is COCCNC1(CN)CCCC(C(C)C)CC1. The Morgan fingerprint density at radius 2 is 2.12 bits per heavy atom. The Kier molecular flexibility index (Phi) is 6.45. The van der Waals surface area contributed by atoms with Crippen molar-refractivity contribution < 1.29 is 4.74 Å². The molecule has 102 valence electrons. The number of ether oxygens (including phenoxy) is 1. The van der Waals surface area contributed by atoms with E-state index in [1.165, 1.54) is 32.1 Å². The summed E-state index contributed by atoms with van der Waals surface area (Å²) in [4.78, 5) is 0. The summed E-state index contributed by atoms with van der Waals surface area (Å²) >= 11 is 0. The molecule has 17 heavy (non-hydrogen) atoms. The molecule has 0 spiro atoms. The second-order valence-corrected chi connectivity index (χ2v) is 5.84. The predicted molar refractivity (Wildman–Crippen MR) is 73.1 cm³/mol. The lowest BCUT2D eigenvalue weighted by molar-refractivity contribution is 0.178. The van der Waals surface area contributed by atoms with Crippen LogP contribution in [0.2, 0.25) is 0 Å². The van der Waals surface area contributed by atoms with Gasteiger partial charge in [0, 0.05) is 25.7 Å². The summed E-state index contributed by atoms with van der Waals surface area (Å²) in [5, 5.41) is 3.64. The molecule has 3 nitrogen and oxygen atoms in total. The van der Waals surface area contributed by atoms with E-state index in [0.29, 0.717) is 0 Å². The first-order valence-electron chi connectivity index (χ1n) is 7.07. The maximum atomic E-state index is 6.01. The van der Waals surface area contributed by atoms with Crippen LogP contribution in [0.5, 0.6) is 0 Å². The van der Waals surface area contributed by atoms with Gasteiger partial charge in [-0.15, -0.1) is 0 Å².